The summed E-state index contributed by atoms with van der Waals surface area (Å²) in [6, 6.07) is 8.61. The molecule has 1 heterocycles. The van der Waals surface area contributed by atoms with Crippen molar-refractivity contribution >= 4 is 15.9 Å². The smallest absolute Gasteiger partial charge is 0.241 e. The summed E-state index contributed by atoms with van der Waals surface area (Å²) in [5.41, 5.74) is 0.722. The third-order valence-corrected chi connectivity index (χ3v) is 5.80. The third-order valence-electron chi connectivity index (χ3n) is 4.35. The summed E-state index contributed by atoms with van der Waals surface area (Å²) in [5.74, 6) is 0.319. The van der Waals surface area contributed by atoms with E-state index in [0.29, 0.717) is 18.2 Å². The van der Waals surface area contributed by atoms with Crippen LogP contribution in [-0.4, -0.2) is 39.1 Å². The van der Waals surface area contributed by atoms with Crippen LogP contribution >= 0.6 is 0 Å². The summed E-state index contributed by atoms with van der Waals surface area (Å²) in [6.07, 6.45) is 2.46. The number of benzene rings is 1. The van der Waals surface area contributed by atoms with Crippen molar-refractivity contribution in [3.8, 4) is 11.6 Å². The van der Waals surface area contributed by atoms with Gasteiger partial charge in [0.25, 0.3) is 0 Å². The molecule has 1 aromatic carbocycles. The van der Waals surface area contributed by atoms with Crippen LogP contribution in [0.3, 0.4) is 0 Å². The highest BCUT2D eigenvalue weighted by Crippen LogP contribution is 2.18. The molecule has 0 unspecified atom stereocenters. The Bertz CT molecular complexity index is 930. The highest BCUT2D eigenvalue weighted by Gasteiger charge is 2.28. The summed E-state index contributed by atoms with van der Waals surface area (Å²) in [6.45, 7) is 6.25. The number of nitrogens with zero attached hydrogens (tertiary/aromatic N) is 1. The molecular weight excluding hydrogens is 406 g/mol. The highest BCUT2D eigenvalue weighted by molar-refractivity contribution is 7.89. The fraction of sp³-hybridized carbons (Fsp3) is 0.429. The van der Waals surface area contributed by atoms with Crippen molar-refractivity contribution in [1.82, 2.24) is 15.0 Å². The van der Waals surface area contributed by atoms with Crippen LogP contribution < -0.4 is 19.5 Å². The lowest BCUT2D eigenvalue weighted by molar-refractivity contribution is -0.123. The van der Waals surface area contributed by atoms with Crippen LogP contribution in [0.4, 0.5) is 0 Å². The lowest BCUT2D eigenvalue weighted by atomic mass is 10.0. The molecule has 0 saturated heterocycles. The number of ether oxygens (including phenoxy) is 2. The van der Waals surface area contributed by atoms with Crippen molar-refractivity contribution in [1.29, 1.82) is 0 Å². The fourth-order valence-corrected chi connectivity index (χ4v) is 4.01. The Morgan fingerprint density at radius 3 is 2.47 bits per heavy atom. The van der Waals surface area contributed by atoms with Crippen molar-refractivity contribution in [3.63, 3.8) is 0 Å². The van der Waals surface area contributed by atoms with E-state index in [0.717, 1.165) is 12.0 Å². The Kier molecular flexibility index (Phi) is 8.61. The van der Waals surface area contributed by atoms with E-state index in [1.807, 2.05) is 13.0 Å². The molecule has 0 saturated carbocycles. The van der Waals surface area contributed by atoms with Gasteiger partial charge in [-0.15, -0.1) is 0 Å². The number of pyridine rings is 1. The second-order valence-corrected chi connectivity index (χ2v) is 8.77. The van der Waals surface area contributed by atoms with Crippen molar-refractivity contribution in [2.24, 2.45) is 5.92 Å². The molecule has 0 spiro atoms. The van der Waals surface area contributed by atoms with Gasteiger partial charge in [0.05, 0.1) is 18.6 Å². The minimum Gasteiger partial charge on any atom is -0.497 e. The van der Waals surface area contributed by atoms with E-state index in [1.165, 1.54) is 19.2 Å². The van der Waals surface area contributed by atoms with Crippen LogP contribution in [0.5, 0.6) is 11.6 Å². The molecule has 0 aliphatic heterocycles. The van der Waals surface area contributed by atoms with Gasteiger partial charge >= 0.3 is 0 Å². The molecule has 30 heavy (non-hydrogen) atoms. The first-order valence-corrected chi connectivity index (χ1v) is 11.3. The topological polar surface area (TPSA) is 107 Å². The van der Waals surface area contributed by atoms with Crippen molar-refractivity contribution in [3.05, 3.63) is 48.2 Å². The highest BCUT2D eigenvalue weighted by atomic mass is 32.2. The van der Waals surface area contributed by atoms with E-state index >= 15 is 0 Å². The zero-order valence-electron chi connectivity index (χ0n) is 17.7. The van der Waals surface area contributed by atoms with E-state index in [4.69, 9.17) is 9.47 Å². The molecule has 2 aromatic rings. The number of carbonyl (C=O) groups excluding carboxylic acids is 1. The third kappa shape index (κ3) is 6.43. The molecule has 0 aliphatic carbocycles. The molecule has 8 nitrogen and oxygen atoms in total. The van der Waals surface area contributed by atoms with E-state index in [2.05, 4.69) is 15.0 Å². The lowest BCUT2D eigenvalue weighted by Crippen LogP contribution is -2.49. The molecule has 0 radical (unpaired) electrons. The molecular formula is C21H29N3O5S. The molecule has 2 N–H and O–H groups in total. The SMILES string of the molecule is CCCOc1ncccc1CNC(=O)[C@@H](NS(=O)(=O)c1ccc(OC)cc1)C(C)C. The maximum absolute atomic E-state index is 12.8. The number of sulfonamides is 1. The van der Waals surface area contributed by atoms with Gasteiger partial charge < -0.3 is 14.8 Å². The summed E-state index contributed by atoms with van der Waals surface area (Å²) >= 11 is 0. The molecule has 164 valence electrons. The van der Waals surface area contributed by atoms with Gasteiger partial charge in [-0.2, -0.15) is 4.72 Å². The predicted molar refractivity (Wildman–Crippen MR) is 114 cm³/mol. The van der Waals surface area contributed by atoms with Crippen LogP contribution in [0, 0.1) is 5.92 Å². The maximum Gasteiger partial charge on any atom is 0.241 e. The lowest BCUT2D eigenvalue weighted by Gasteiger charge is -2.22. The minimum absolute atomic E-state index is 0.0595. The standard InChI is InChI=1S/C21H29N3O5S/c1-5-13-29-21-16(7-6-12-22-21)14-23-20(25)19(15(2)3)24-30(26,27)18-10-8-17(28-4)9-11-18/h6-12,15,19,24H,5,13-14H2,1-4H3,(H,23,25)/t19-/m0/s1. The molecule has 1 aromatic heterocycles. The zero-order valence-corrected chi connectivity index (χ0v) is 18.5. The second kappa shape index (κ2) is 10.9. The number of amides is 1. The molecule has 1 atom stereocenters. The first-order valence-electron chi connectivity index (χ1n) is 9.79. The normalized spacial score (nSPS) is 12.4. The van der Waals surface area contributed by atoms with Crippen molar-refractivity contribution in [2.45, 2.75) is 44.7 Å². The number of hydrogen-bond acceptors (Lipinski definition) is 6. The molecule has 0 aliphatic rings. The van der Waals surface area contributed by atoms with Crippen LogP contribution in [0.1, 0.15) is 32.8 Å². The average molecular weight is 436 g/mol. The maximum atomic E-state index is 12.8. The second-order valence-electron chi connectivity index (χ2n) is 7.05. The Hall–Kier alpha value is -2.65. The van der Waals surface area contributed by atoms with Gasteiger partial charge in [-0.1, -0.05) is 26.8 Å². The van der Waals surface area contributed by atoms with Crippen LogP contribution in [0.2, 0.25) is 0 Å². The fourth-order valence-electron chi connectivity index (χ4n) is 2.66. The summed E-state index contributed by atoms with van der Waals surface area (Å²) in [7, 11) is -2.38. The zero-order chi connectivity index (χ0) is 22.1. The van der Waals surface area contributed by atoms with Crippen LogP contribution in [-0.2, 0) is 21.4 Å². The first kappa shape index (κ1) is 23.6. The van der Waals surface area contributed by atoms with E-state index in [9.17, 15) is 13.2 Å². The van der Waals surface area contributed by atoms with Gasteiger partial charge in [0.1, 0.15) is 11.8 Å². The van der Waals surface area contributed by atoms with E-state index < -0.39 is 22.0 Å². The average Bonchev–Trinajstić information content (AvgIpc) is 2.74. The molecule has 2 rings (SSSR count). The Balaban J connectivity index is 2.09. The Morgan fingerprint density at radius 2 is 1.87 bits per heavy atom. The van der Waals surface area contributed by atoms with Gasteiger partial charge in [0.15, 0.2) is 0 Å². The van der Waals surface area contributed by atoms with Gasteiger partial charge in [0.2, 0.25) is 21.8 Å². The Labute approximate surface area is 178 Å². The number of nitrogens with one attached hydrogen (secondary N) is 2. The molecule has 0 fully saturated rings. The number of hydrogen-bond donors (Lipinski definition) is 2. The monoisotopic (exact) mass is 435 g/mol. The molecule has 1 amide bonds. The quantitative estimate of drug-likeness (QED) is 0.562. The molecule has 9 heteroatoms. The number of methoxy groups -OCH3 is 1. The van der Waals surface area contributed by atoms with E-state index in [1.54, 1.807) is 38.2 Å². The van der Waals surface area contributed by atoms with Crippen molar-refractivity contribution < 1.29 is 22.7 Å². The first-order chi connectivity index (χ1) is 14.3. The molecule has 0 bridgehead atoms. The number of rotatable bonds is 11. The van der Waals surface area contributed by atoms with Gasteiger partial charge in [-0.25, -0.2) is 13.4 Å². The number of aromatic nitrogens is 1. The summed E-state index contributed by atoms with van der Waals surface area (Å²) in [4.78, 5) is 17.0. The van der Waals surface area contributed by atoms with E-state index in [-0.39, 0.29) is 17.4 Å². The summed E-state index contributed by atoms with van der Waals surface area (Å²) in [5, 5.41) is 2.78. The van der Waals surface area contributed by atoms with Crippen molar-refractivity contribution in [2.75, 3.05) is 13.7 Å². The Morgan fingerprint density at radius 1 is 1.17 bits per heavy atom. The van der Waals surface area contributed by atoms with Crippen LogP contribution in [0.15, 0.2) is 47.5 Å². The number of carbonyl (C=O) groups is 1. The van der Waals surface area contributed by atoms with Gasteiger partial charge in [0, 0.05) is 18.3 Å². The summed E-state index contributed by atoms with van der Waals surface area (Å²) < 4.78 is 38.6. The minimum atomic E-state index is -3.88. The van der Waals surface area contributed by atoms with Crippen LogP contribution in [0.25, 0.3) is 0 Å². The largest absolute Gasteiger partial charge is 0.497 e. The van der Waals surface area contributed by atoms with Gasteiger partial charge in [-0.3, -0.25) is 4.79 Å². The predicted octanol–water partition coefficient (Wildman–Crippen LogP) is 2.50. The van der Waals surface area contributed by atoms with Gasteiger partial charge in [-0.05, 0) is 42.7 Å².